The fourth-order valence-electron chi connectivity index (χ4n) is 5.49. The van der Waals surface area contributed by atoms with E-state index in [1.807, 2.05) is 12.1 Å². The lowest BCUT2D eigenvalue weighted by atomic mass is 9.66. The fourth-order valence-corrected chi connectivity index (χ4v) is 5.49. The molecule has 0 aliphatic heterocycles. The van der Waals surface area contributed by atoms with E-state index in [0.29, 0.717) is 11.0 Å². The SMILES string of the molecule is NC(=O)c1ccc(C23CC4CCCC(C2)C(C4)C3)cc1. The zero-order valence-electron chi connectivity index (χ0n) is 12.0. The van der Waals surface area contributed by atoms with Crippen molar-refractivity contribution >= 4 is 5.91 Å². The maximum Gasteiger partial charge on any atom is 0.248 e. The average molecular weight is 269 g/mol. The third kappa shape index (κ3) is 1.81. The van der Waals surface area contributed by atoms with Gasteiger partial charge in [-0.2, -0.15) is 0 Å². The molecule has 3 saturated carbocycles. The summed E-state index contributed by atoms with van der Waals surface area (Å²) in [6, 6.07) is 8.18. The smallest absolute Gasteiger partial charge is 0.248 e. The van der Waals surface area contributed by atoms with Gasteiger partial charge >= 0.3 is 0 Å². The highest BCUT2D eigenvalue weighted by molar-refractivity contribution is 5.92. The lowest BCUT2D eigenvalue weighted by molar-refractivity contribution is 0.1000. The summed E-state index contributed by atoms with van der Waals surface area (Å²) in [5, 5.41) is 0. The Morgan fingerprint density at radius 2 is 1.80 bits per heavy atom. The first-order valence-corrected chi connectivity index (χ1v) is 8.07. The van der Waals surface area contributed by atoms with Crippen LogP contribution in [-0.4, -0.2) is 5.91 Å². The molecule has 2 N–H and O–H groups in total. The number of rotatable bonds is 2. The van der Waals surface area contributed by atoms with E-state index < -0.39 is 0 Å². The fraction of sp³-hybridized carbons (Fsp3) is 0.611. The van der Waals surface area contributed by atoms with Gasteiger partial charge in [-0.3, -0.25) is 4.79 Å². The van der Waals surface area contributed by atoms with Crippen LogP contribution in [0.1, 0.15) is 60.9 Å². The summed E-state index contributed by atoms with van der Waals surface area (Å²) in [7, 11) is 0. The summed E-state index contributed by atoms with van der Waals surface area (Å²) in [6.07, 6.45) is 9.94. The summed E-state index contributed by atoms with van der Waals surface area (Å²) in [5.41, 5.74) is 7.86. The molecule has 2 heteroatoms. The Bertz CT molecular complexity index is 531. The van der Waals surface area contributed by atoms with Crippen molar-refractivity contribution in [2.24, 2.45) is 23.5 Å². The molecule has 2 nitrogen and oxygen atoms in total. The van der Waals surface area contributed by atoms with Crippen LogP contribution in [0.5, 0.6) is 0 Å². The third-order valence-corrected chi connectivity index (χ3v) is 6.26. The van der Waals surface area contributed by atoms with Gasteiger partial charge in [0, 0.05) is 5.56 Å². The van der Waals surface area contributed by atoms with Crippen LogP contribution in [0, 0.1) is 17.8 Å². The Labute approximate surface area is 120 Å². The van der Waals surface area contributed by atoms with Crippen LogP contribution >= 0.6 is 0 Å². The predicted octanol–water partition coefficient (Wildman–Crippen LogP) is 3.64. The molecule has 106 valence electrons. The number of carbonyl (C=O) groups excluding carboxylic acids is 1. The van der Waals surface area contributed by atoms with Crippen molar-refractivity contribution in [3.05, 3.63) is 35.4 Å². The highest BCUT2D eigenvalue weighted by Gasteiger charge is 2.51. The largest absolute Gasteiger partial charge is 0.366 e. The Hall–Kier alpha value is -1.31. The summed E-state index contributed by atoms with van der Waals surface area (Å²) >= 11 is 0. The van der Waals surface area contributed by atoms with Gasteiger partial charge in [-0.1, -0.05) is 31.4 Å². The number of hydrogen-bond donors (Lipinski definition) is 1. The van der Waals surface area contributed by atoms with Crippen molar-refractivity contribution < 1.29 is 4.79 Å². The molecule has 20 heavy (non-hydrogen) atoms. The quantitative estimate of drug-likeness (QED) is 0.875. The number of carbonyl (C=O) groups is 1. The van der Waals surface area contributed by atoms with E-state index >= 15 is 0 Å². The van der Waals surface area contributed by atoms with E-state index in [-0.39, 0.29) is 5.91 Å². The summed E-state index contributed by atoms with van der Waals surface area (Å²) in [6.45, 7) is 0. The second-order valence-corrected chi connectivity index (χ2v) is 7.39. The highest BCUT2D eigenvalue weighted by atomic mass is 16.1. The van der Waals surface area contributed by atoms with E-state index in [9.17, 15) is 4.79 Å². The van der Waals surface area contributed by atoms with Gasteiger partial charge in [0.05, 0.1) is 0 Å². The van der Waals surface area contributed by atoms with E-state index in [1.54, 1.807) is 0 Å². The van der Waals surface area contributed by atoms with Crippen molar-refractivity contribution in [1.82, 2.24) is 0 Å². The van der Waals surface area contributed by atoms with E-state index in [0.717, 1.165) is 17.8 Å². The molecule has 4 atom stereocenters. The summed E-state index contributed by atoms with van der Waals surface area (Å²) in [4.78, 5) is 11.2. The first-order chi connectivity index (χ1) is 9.66. The monoisotopic (exact) mass is 269 g/mol. The number of primary amides is 1. The number of hydrogen-bond acceptors (Lipinski definition) is 1. The molecule has 0 saturated heterocycles. The Kier molecular flexibility index (Phi) is 2.70. The molecule has 3 fully saturated rings. The first-order valence-electron chi connectivity index (χ1n) is 8.07. The molecule has 0 aromatic heterocycles. The number of benzene rings is 1. The van der Waals surface area contributed by atoms with Gasteiger partial charge < -0.3 is 5.73 Å². The van der Waals surface area contributed by atoms with Crippen LogP contribution in [0.4, 0.5) is 0 Å². The molecule has 0 radical (unpaired) electrons. The molecule has 3 aliphatic rings. The lowest BCUT2D eigenvalue weighted by Crippen LogP contribution is -2.30. The molecule has 3 bridgehead atoms. The average Bonchev–Trinajstić information content (AvgIpc) is 2.61. The Morgan fingerprint density at radius 3 is 2.55 bits per heavy atom. The lowest BCUT2D eigenvalue weighted by Gasteiger charge is -2.38. The van der Waals surface area contributed by atoms with Crippen LogP contribution in [0.25, 0.3) is 0 Å². The maximum atomic E-state index is 11.2. The number of fused-ring (bicyclic) bond motifs is 2. The van der Waals surface area contributed by atoms with Crippen molar-refractivity contribution in [2.45, 2.75) is 50.4 Å². The molecule has 1 amide bonds. The second-order valence-electron chi connectivity index (χ2n) is 7.39. The van der Waals surface area contributed by atoms with Gasteiger partial charge in [-0.05, 0) is 66.5 Å². The van der Waals surface area contributed by atoms with Crippen LogP contribution in [-0.2, 0) is 5.41 Å². The molecule has 1 aromatic carbocycles. The molecule has 4 unspecified atom stereocenters. The standard InChI is InChI=1S/C18H23NO/c19-17(20)13-4-6-16(7-5-13)18-9-12-2-1-3-14(10-18)15(8-12)11-18/h4-7,12,14-15H,1-3,8-11H2,(H2,19,20). The zero-order chi connectivity index (χ0) is 13.7. The summed E-state index contributed by atoms with van der Waals surface area (Å²) in [5.74, 6) is 2.54. The molecule has 1 aromatic rings. The van der Waals surface area contributed by atoms with Crippen molar-refractivity contribution in [3.8, 4) is 0 Å². The topological polar surface area (TPSA) is 43.1 Å². The molecular formula is C18H23NO. The van der Waals surface area contributed by atoms with Gasteiger partial charge in [0.25, 0.3) is 0 Å². The predicted molar refractivity (Wildman–Crippen MR) is 79.4 cm³/mol. The minimum atomic E-state index is -0.320. The van der Waals surface area contributed by atoms with Crippen LogP contribution in [0.2, 0.25) is 0 Å². The van der Waals surface area contributed by atoms with Crippen molar-refractivity contribution in [2.75, 3.05) is 0 Å². The van der Waals surface area contributed by atoms with Crippen LogP contribution in [0.15, 0.2) is 24.3 Å². The highest BCUT2D eigenvalue weighted by Crippen LogP contribution is 2.60. The summed E-state index contributed by atoms with van der Waals surface area (Å²) < 4.78 is 0. The molecule has 0 heterocycles. The minimum Gasteiger partial charge on any atom is -0.366 e. The van der Waals surface area contributed by atoms with Gasteiger partial charge in [0.2, 0.25) is 5.91 Å². The van der Waals surface area contributed by atoms with Crippen molar-refractivity contribution in [1.29, 1.82) is 0 Å². The van der Waals surface area contributed by atoms with E-state index in [1.165, 1.54) is 50.5 Å². The van der Waals surface area contributed by atoms with Gasteiger partial charge in [0.15, 0.2) is 0 Å². The normalized spacial score (nSPS) is 38.7. The number of amides is 1. The zero-order valence-corrected chi connectivity index (χ0v) is 12.0. The Balaban J connectivity index is 1.69. The molecule has 4 rings (SSSR count). The second kappa shape index (κ2) is 4.34. The first kappa shape index (κ1) is 12.4. The molecular weight excluding hydrogens is 246 g/mol. The third-order valence-electron chi connectivity index (χ3n) is 6.26. The van der Waals surface area contributed by atoms with Crippen LogP contribution in [0.3, 0.4) is 0 Å². The molecule has 0 spiro atoms. The van der Waals surface area contributed by atoms with Gasteiger partial charge in [-0.25, -0.2) is 0 Å². The minimum absolute atomic E-state index is 0.320. The Morgan fingerprint density at radius 1 is 1.05 bits per heavy atom. The number of nitrogens with two attached hydrogens (primary N) is 1. The van der Waals surface area contributed by atoms with Gasteiger partial charge in [0.1, 0.15) is 0 Å². The maximum absolute atomic E-state index is 11.2. The molecule has 3 aliphatic carbocycles. The van der Waals surface area contributed by atoms with Crippen molar-refractivity contribution in [3.63, 3.8) is 0 Å². The van der Waals surface area contributed by atoms with Gasteiger partial charge in [-0.15, -0.1) is 0 Å². The van der Waals surface area contributed by atoms with E-state index in [4.69, 9.17) is 5.73 Å². The van der Waals surface area contributed by atoms with Crippen LogP contribution < -0.4 is 5.73 Å². The van der Waals surface area contributed by atoms with E-state index in [2.05, 4.69) is 12.1 Å².